The molecule has 0 radical (unpaired) electrons. The minimum absolute atomic E-state index is 0.592. The molecule has 2 aromatic heterocycles. The fraction of sp³-hybridized carbons (Fsp3) is 0.154. The first kappa shape index (κ1) is 11.3. The van der Waals surface area contributed by atoms with Gasteiger partial charge in [-0.15, -0.1) is 0 Å². The van der Waals surface area contributed by atoms with Crippen molar-refractivity contribution in [3.63, 3.8) is 0 Å². The second-order valence-electron chi connectivity index (χ2n) is 4.08. The molecule has 2 heterocycles. The van der Waals surface area contributed by atoms with Gasteiger partial charge in [0.25, 0.3) is 0 Å². The zero-order chi connectivity index (χ0) is 12.7. The Labute approximate surface area is 112 Å². The standard InChI is InChI=1S/C13H10BrN3O/c1-7-5-10(17-13(14)15-7)9-3-4-12-11(6-9)16-8(2)18-12/h3-6H,1-2H3. The lowest BCUT2D eigenvalue weighted by molar-refractivity contribution is 0.561. The predicted molar refractivity (Wildman–Crippen MR) is 72.2 cm³/mol. The molecule has 90 valence electrons. The highest BCUT2D eigenvalue weighted by molar-refractivity contribution is 9.10. The van der Waals surface area contributed by atoms with Crippen molar-refractivity contribution in [1.82, 2.24) is 15.0 Å². The molecule has 4 nitrogen and oxygen atoms in total. The number of aromatic nitrogens is 3. The number of rotatable bonds is 1. The Morgan fingerprint density at radius 2 is 1.89 bits per heavy atom. The van der Waals surface area contributed by atoms with Gasteiger partial charge in [0.2, 0.25) is 0 Å². The molecule has 0 aliphatic heterocycles. The molecule has 0 aliphatic rings. The molecular formula is C13H10BrN3O. The van der Waals surface area contributed by atoms with Crippen LogP contribution >= 0.6 is 15.9 Å². The lowest BCUT2D eigenvalue weighted by Crippen LogP contribution is -1.90. The Morgan fingerprint density at radius 1 is 1.06 bits per heavy atom. The third-order valence-corrected chi connectivity index (χ3v) is 2.97. The van der Waals surface area contributed by atoms with E-state index in [1.807, 2.05) is 38.1 Å². The van der Waals surface area contributed by atoms with Crippen LogP contribution in [0.5, 0.6) is 0 Å². The number of oxazole rings is 1. The first-order valence-electron chi connectivity index (χ1n) is 5.50. The van der Waals surface area contributed by atoms with Crippen LogP contribution in [0.3, 0.4) is 0 Å². The fourth-order valence-corrected chi connectivity index (χ4v) is 2.35. The van der Waals surface area contributed by atoms with Gasteiger partial charge in [0.15, 0.2) is 16.2 Å². The van der Waals surface area contributed by atoms with Crippen LogP contribution < -0.4 is 0 Å². The van der Waals surface area contributed by atoms with Gasteiger partial charge < -0.3 is 4.42 Å². The highest BCUT2D eigenvalue weighted by Gasteiger charge is 2.07. The minimum atomic E-state index is 0.592. The second kappa shape index (κ2) is 4.17. The van der Waals surface area contributed by atoms with Crippen LogP contribution in [0.15, 0.2) is 33.4 Å². The number of hydrogen-bond acceptors (Lipinski definition) is 4. The predicted octanol–water partition coefficient (Wildman–Crippen LogP) is 3.66. The van der Waals surface area contributed by atoms with E-state index in [1.54, 1.807) is 0 Å². The summed E-state index contributed by atoms with van der Waals surface area (Å²) in [4.78, 5) is 12.9. The largest absolute Gasteiger partial charge is 0.441 e. The maximum Gasteiger partial charge on any atom is 0.197 e. The monoisotopic (exact) mass is 303 g/mol. The van der Waals surface area contributed by atoms with Gasteiger partial charge in [-0.1, -0.05) is 0 Å². The summed E-state index contributed by atoms with van der Waals surface area (Å²) in [5.41, 5.74) is 4.43. The van der Waals surface area contributed by atoms with Crippen molar-refractivity contribution < 1.29 is 4.42 Å². The Kier molecular flexibility index (Phi) is 2.63. The van der Waals surface area contributed by atoms with Crippen LogP contribution in [0.4, 0.5) is 0 Å². The third kappa shape index (κ3) is 2.01. The van der Waals surface area contributed by atoms with Crippen LogP contribution in [0, 0.1) is 13.8 Å². The molecule has 0 saturated heterocycles. The van der Waals surface area contributed by atoms with Crippen LogP contribution in [-0.2, 0) is 0 Å². The second-order valence-corrected chi connectivity index (χ2v) is 4.79. The number of hydrogen-bond donors (Lipinski definition) is 0. The summed E-state index contributed by atoms with van der Waals surface area (Å²) in [6.45, 7) is 3.78. The van der Waals surface area contributed by atoms with E-state index in [2.05, 4.69) is 30.9 Å². The normalized spacial score (nSPS) is 11.1. The Morgan fingerprint density at radius 3 is 2.67 bits per heavy atom. The van der Waals surface area contributed by atoms with Crippen molar-refractivity contribution in [2.24, 2.45) is 0 Å². The number of halogens is 1. The average Bonchev–Trinajstić information content (AvgIpc) is 2.66. The van der Waals surface area contributed by atoms with Gasteiger partial charge >= 0.3 is 0 Å². The number of aryl methyl sites for hydroxylation is 2. The maximum absolute atomic E-state index is 5.45. The smallest absolute Gasteiger partial charge is 0.197 e. The Bertz CT molecular complexity index is 716. The molecule has 0 spiro atoms. The van der Waals surface area contributed by atoms with E-state index in [0.29, 0.717) is 10.6 Å². The van der Waals surface area contributed by atoms with E-state index in [4.69, 9.17) is 4.42 Å². The van der Waals surface area contributed by atoms with E-state index >= 15 is 0 Å². The van der Waals surface area contributed by atoms with Crippen LogP contribution in [0.25, 0.3) is 22.4 Å². The third-order valence-electron chi connectivity index (χ3n) is 2.62. The lowest BCUT2D eigenvalue weighted by Gasteiger charge is -2.02. The molecular weight excluding hydrogens is 294 g/mol. The molecule has 0 saturated carbocycles. The fourth-order valence-electron chi connectivity index (χ4n) is 1.88. The summed E-state index contributed by atoms with van der Waals surface area (Å²) in [7, 11) is 0. The van der Waals surface area contributed by atoms with E-state index < -0.39 is 0 Å². The van der Waals surface area contributed by atoms with Crippen molar-refractivity contribution in [2.45, 2.75) is 13.8 Å². The van der Waals surface area contributed by atoms with Crippen molar-refractivity contribution in [3.8, 4) is 11.3 Å². The summed E-state index contributed by atoms with van der Waals surface area (Å²) in [6, 6.07) is 7.80. The van der Waals surface area contributed by atoms with Gasteiger partial charge in [-0.05, 0) is 47.1 Å². The summed E-state index contributed by atoms with van der Waals surface area (Å²) >= 11 is 3.31. The Hall–Kier alpha value is -1.75. The van der Waals surface area contributed by atoms with Gasteiger partial charge in [0.1, 0.15) is 5.52 Å². The zero-order valence-corrected chi connectivity index (χ0v) is 11.5. The molecule has 3 aromatic rings. The highest BCUT2D eigenvalue weighted by Crippen LogP contribution is 2.24. The van der Waals surface area contributed by atoms with Crippen molar-refractivity contribution in [2.75, 3.05) is 0 Å². The molecule has 1 aromatic carbocycles. The first-order valence-corrected chi connectivity index (χ1v) is 6.30. The van der Waals surface area contributed by atoms with Gasteiger partial charge in [0.05, 0.1) is 5.69 Å². The van der Waals surface area contributed by atoms with Gasteiger partial charge in [-0.25, -0.2) is 15.0 Å². The maximum atomic E-state index is 5.45. The Balaban J connectivity index is 2.18. The minimum Gasteiger partial charge on any atom is -0.441 e. The number of nitrogens with zero attached hydrogens (tertiary/aromatic N) is 3. The van der Waals surface area contributed by atoms with Crippen LogP contribution in [0.2, 0.25) is 0 Å². The molecule has 3 rings (SSSR count). The highest BCUT2D eigenvalue weighted by atomic mass is 79.9. The van der Waals surface area contributed by atoms with Crippen molar-refractivity contribution in [1.29, 1.82) is 0 Å². The van der Waals surface area contributed by atoms with Gasteiger partial charge in [-0.3, -0.25) is 0 Å². The van der Waals surface area contributed by atoms with Gasteiger partial charge in [0, 0.05) is 18.2 Å². The topological polar surface area (TPSA) is 51.8 Å². The summed E-state index contributed by atoms with van der Waals surface area (Å²) in [6.07, 6.45) is 0. The molecule has 0 N–H and O–H groups in total. The molecule has 5 heteroatoms. The molecule has 0 bridgehead atoms. The lowest BCUT2D eigenvalue weighted by atomic mass is 10.1. The molecule has 0 fully saturated rings. The van der Waals surface area contributed by atoms with E-state index in [9.17, 15) is 0 Å². The molecule has 18 heavy (non-hydrogen) atoms. The SMILES string of the molecule is Cc1cc(-c2ccc3oc(C)nc3c2)nc(Br)n1. The number of benzene rings is 1. The first-order chi connectivity index (χ1) is 8.61. The molecule has 0 amide bonds. The van der Waals surface area contributed by atoms with Crippen molar-refractivity contribution >= 4 is 27.0 Å². The number of fused-ring (bicyclic) bond motifs is 1. The van der Waals surface area contributed by atoms with Crippen LogP contribution in [-0.4, -0.2) is 15.0 Å². The van der Waals surface area contributed by atoms with E-state index in [-0.39, 0.29) is 0 Å². The molecule has 0 unspecified atom stereocenters. The average molecular weight is 304 g/mol. The summed E-state index contributed by atoms with van der Waals surface area (Å²) < 4.78 is 6.04. The summed E-state index contributed by atoms with van der Waals surface area (Å²) in [5.74, 6) is 0.669. The zero-order valence-electron chi connectivity index (χ0n) is 9.94. The molecule has 0 atom stereocenters. The van der Waals surface area contributed by atoms with E-state index in [0.717, 1.165) is 28.1 Å². The van der Waals surface area contributed by atoms with Crippen molar-refractivity contribution in [3.05, 3.63) is 40.6 Å². The van der Waals surface area contributed by atoms with Crippen LogP contribution in [0.1, 0.15) is 11.6 Å². The van der Waals surface area contributed by atoms with E-state index in [1.165, 1.54) is 0 Å². The summed E-state index contributed by atoms with van der Waals surface area (Å²) in [5, 5.41) is 0. The quantitative estimate of drug-likeness (QED) is 0.644. The van der Waals surface area contributed by atoms with Gasteiger partial charge in [-0.2, -0.15) is 0 Å². The molecule has 0 aliphatic carbocycles.